The van der Waals surface area contributed by atoms with Crippen molar-refractivity contribution in [2.45, 2.75) is 56.5 Å². The summed E-state index contributed by atoms with van der Waals surface area (Å²) in [4.78, 5) is 0. The van der Waals surface area contributed by atoms with Crippen molar-refractivity contribution >= 4 is 0 Å². The second-order valence-corrected chi connectivity index (χ2v) is 6.40. The van der Waals surface area contributed by atoms with E-state index >= 15 is 0 Å². The van der Waals surface area contributed by atoms with Gasteiger partial charge in [0.1, 0.15) is 6.10 Å². The van der Waals surface area contributed by atoms with Crippen LogP contribution in [0.25, 0.3) is 0 Å². The highest BCUT2D eigenvalue weighted by Gasteiger charge is 2.52. The molecule has 1 fully saturated rings. The number of aliphatic hydroxyl groups excluding tert-OH is 1. The van der Waals surface area contributed by atoms with Gasteiger partial charge in [0.2, 0.25) is 0 Å². The quantitative estimate of drug-likeness (QED) is 0.815. The fraction of sp³-hybridized carbons (Fsp3) is 0.786. The second-order valence-electron chi connectivity index (χ2n) is 6.40. The van der Waals surface area contributed by atoms with E-state index in [1.165, 1.54) is 0 Å². The molecule has 0 radical (unpaired) electrons. The van der Waals surface area contributed by atoms with Crippen molar-refractivity contribution in [3.8, 4) is 0 Å². The first-order valence-electron chi connectivity index (χ1n) is 7.65. The van der Waals surface area contributed by atoms with E-state index in [0.29, 0.717) is 0 Å². The summed E-state index contributed by atoms with van der Waals surface area (Å²) in [5.74, 6) is -3.92. The summed E-state index contributed by atoms with van der Waals surface area (Å²) >= 11 is 0. The predicted molar refractivity (Wildman–Crippen MR) is 69.2 cm³/mol. The summed E-state index contributed by atoms with van der Waals surface area (Å²) in [6, 6.07) is -0.518. The minimum Gasteiger partial charge on any atom is -0.382 e. The van der Waals surface area contributed by atoms with Crippen LogP contribution in [0.2, 0.25) is 0 Å². The molecule has 1 aromatic heterocycles. The van der Waals surface area contributed by atoms with Crippen LogP contribution in [0.15, 0.2) is 0 Å². The van der Waals surface area contributed by atoms with Gasteiger partial charge < -0.3 is 9.84 Å². The first kappa shape index (κ1) is 18.4. The van der Waals surface area contributed by atoms with E-state index in [4.69, 9.17) is 0 Å². The molecule has 1 aromatic rings. The Morgan fingerprint density at radius 3 is 2.48 bits per heavy atom. The van der Waals surface area contributed by atoms with E-state index in [1.54, 1.807) is 0 Å². The molecule has 25 heavy (non-hydrogen) atoms. The Labute approximate surface area is 137 Å². The van der Waals surface area contributed by atoms with E-state index < -0.39 is 48.5 Å². The number of hydrogen-bond donors (Lipinski definition) is 1. The number of alkyl halides is 7. The van der Waals surface area contributed by atoms with Gasteiger partial charge in [-0.3, -0.25) is 4.68 Å². The van der Waals surface area contributed by atoms with Gasteiger partial charge in [0.25, 0.3) is 5.92 Å². The molecule has 142 valence electrons. The fourth-order valence-electron chi connectivity index (χ4n) is 3.41. The molecule has 0 aromatic carbocycles. The van der Waals surface area contributed by atoms with E-state index in [1.807, 2.05) is 0 Å². The third-order valence-electron chi connectivity index (χ3n) is 4.70. The molecule has 1 saturated carbocycles. The van der Waals surface area contributed by atoms with Crippen molar-refractivity contribution < 1.29 is 40.6 Å². The fourth-order valence-corrected chi connectivity index (χ4v) is 3.41. The van der Waals surface area contributed by atoms with Crippen LogP contribution < -0.4 is 0 Å². The summed E-state index contributed by atoms with van der Waals surface area (Å²) in [7, 11) is 0. The zero-order valence-electron chi connectivity index (χ0n) is 12.7. The summed E-state index contributed by atoms with van der Waals surface area (Å²) in [5.41, 5.74) is -2.46. The Morgan fingerprint density at radius 2 is 1.92 bits per heavy atom. The molecule has 1 N–H and O–H groups in total. The van der Waals surface area contributed by atoms with Gasteiger partial charge in [-0.1, -0.05) is 0 Å². The van der Waals surface area contributed by atoms with Gasteiger partial charge in [-0.2, -0.15) is 27.1 Å². The largest absolute Gasteiger partial charge is 0.435 e. The summed E-state index contributed by atoms with van der Waals surface area (Å²) in [6.07, 6.45) is -8.17. The van der Waals surface area contributed by atoms with Crippen LogP contribution in [0.3, 0.4) is 0 Å². The molecule has 1 unspecified atom stereocenters. The molecule has 0 spiro atoms. The average Bonchev–Trinajstić information content (AvgIpc) is 2.81. The molecule has 2 aliphatic carbocycles. The molecule has 0 amide bonds. The first-order valence-corrected chi connectivity index (χ1v) is 7.65. The molecule has 1 heterocycles. The molecule has 4 nitrogen and oxygen atoms in total. The van der Waals surface area contributed by atoms with Crippen molar-refractivity contribution in [1.29, 1.82) is 0 Å². The number of fused-ring (bicyclic) bond motifs is 1. The van der Waals surface area contributed by atoms with Gasteiger partial charge in [-0.15, -0.1) is 0 Å². The Morgan fingerprint density at radius 1 is 1.28 bits per heavy atom. The number of rotatable bonds is 4. The van der Waals surface area contributed by atoms with E-state index in [2.05, 4.69) is 9.84 Å². The van der Waals surface area contributed by atoms with Crippen LogP contribution in [-0.2, 0) is 17.3 Å². The highest BCUT2D eigenvalue weighted by molar-refractivity contribution is 5.35. The molecule has 2 aliphatic rings. The molecule has 0 bridgehead atoms. The third kappa shape index (κ3) is 3.35. The summed E-state index contributed by atoms with van der Waals surface area (Å²) < 4.78 is 95.9. The van der Waals surface area contributed by atoms with E-state index in [0.717, 1.165) is 4.68 Å². The Hall–Kier alpha value is -1.36. The summed E-state index contributed by atoms with van der Waals surface area (Å²) in [5, 5.41) is 13.1. The van der Waals surface area contributed by atoms with Gasteiger partial charge in [0, 0.05) is 17.7 Å². The smallest absolute Gasteiger partial charge is 0.382 e. The zero-order valence-corrected chi connectivity index (χ0v) is 12.7. The Balaban J connectivity index is 1.86. The maximum Gasteiger partial charge on any atom is 0.435 e. The van der Waals surface area contributed by atoms with Crippen LogP contribution >= 0.6 is 0 Å². The molecule has 0 saturated heterocycles. The monoisotopic (exact) mass is 376 g/mol. The maximum absolute atomic E-state index is 13.6. The van der Waals surface area contributed by atoms with Crippen LogP contribution in [0.4, 0.5) is 30.7 Å². The van der Waals surface area contributed by atoms with Gasteiger partial charge >= 0.3 is 12.8 Å². The molecular formula is C14H15F7N2O2. The maximum atomic E-state index is 13.6. The second kappa shape index (κ2) is 6.11. The number of aliphatic hydroxyl groups is 1. The van der Waals surface area contributed by atoms with Crippen LogP contribution in [0, 0.1) is 5.92 Å². The molecule has 11 heteroatoms. The lowest BCUT2D eigenvalue weighted by atomic mass is 9.80. The van der Waals surface area contributed by atoms with Crippen molar-refractivity contribution in [2.75, 3.05) is 6.61 Å². The minimum absolute atomic E-state index is 0.0658. The number of halogens is 7. The topological polar surface area (TPSA) is 47.3 Å². The van der Waals surface area contributed by atoms with Crippen molar-refractivity contribution in [2.24, 2.45) is 5.92 Å². The molecule has 3 rings (SSSR count). The number of aromatic nitrogens is 2. The molecule has 0 aliphatic heterocycles. The van der Waals surface area contributed by atoms with E-state index in [9.17, 15) is 35.8 Å². The zero-order chi connectivity index (χ0) is 18.6. The lowest BCUT2D eigenvalue weighted by molar-refractivity contribution is -0.151. The molecular weight excluding hydrogens is 361 g/mol. The summed E-state index contributed by atoms with van der Waals surface area (Å²) in [6.45, 7) is -3.16. The van der Waals surface area contributed by atoms with Crippen LogP contribution in [-0.4, -0.2) is 34.0 Å². The van der Waals surface area contributed by atoms with Crippen LogP contribution in [0.1, 0.15) is 48.4 Å². The molecule has 1 atom stereocenters. The van der Waals surface area contributed by atoms with Gasteiger partial charge in [0.05, 0.1) is 12.6 Å². The first-order chi connectivity index (χ1) is 11.5. The number of hydrogen-bond acceptors (Lipinski definition) is 3. The minimum atomic E-state index is -4.98. The Bertz CT molecular complexity index is 638. The van der Waals surface area contributed by atoms with Gasteiger partial charge in [0.15, 0.2) is 5.69 Å². The van der Waals surface area contributed by atoms with Crippen molar-refractivity contribution in [3.05, 3.63) is 17.0 Å². The van der Waals surface area contributed by atoms with Crippen molar-refractivity contribution in [1.82, 2.24) is 9.78 Å². The lowest BCUT2D eigenvalue weighted by Crippen LogP contribution is -2.35. The highest BCUT2D eigenvalue weighted by atomic mass is 19.4. The van der Waals surface area contributed by atoms with Crippen LogP contribution in [0.5, 0.6) is 0 Å². The lowest BCUT2D eigenvalue weighted by Gasteiger charge is -2.37. The predicted octanol–water partition coefficient (Wildman–Crippen LogP) is 3.71. The Kier molecular flexibility index (Phi) is 4.51. The van der Waals surface area contributed by atoms with Crippen molar-refractivity contribution in [3.63, 3.8) is 0 Å². The van der Waals surface area contributed by atoms with Gasteiger partial charge in [-0.05, 0) is 25.2 Å². The third-order valence-corrected chi connectivity index (χ3v) is 4.70. The normalized spacial score (nSPS) is 28.8. The SMILES string of the molecule is OC1c2c(C(F)(F)F)nn(C3CC(COC(F)F)C3)c2CCC1(F)F. The van der Waals surface area contributed by atoms with E-state index in [-0.39, 0.29) is 37.5 Å². The van der Waals surface area contributed by atoms with Gasteiger partial charge in [-0.25, -0.2) is 8.78 Å². The number of ether oxygens (including phenoxy) is 1. The standard InChI is InChI=1S/C14H15F7N2O2/c15-12(16)25-5-6-3-7(4-6)23-8-1-2-13(17,18)11(24)9(8)10(22-23)14(19,20)21/h6-7,11-12,24H,1-5H2. The number of nitrogens with zero attached hydrogens (tertiary/aromatic N) is 2. The average molecular weight is 376 g/mol. The highest BCUT2D eigenvalue weighted by Crippen LogP contribution is 2.49.